The van der Waals surface area contributed by atoms with Gasteiger partial charge in [-0.15, -0.1) is 0 Å². The Labute approximate surface area is 177 Å². The Bertz CT molecular complexity index is 1000. The number of nitrogens with one attached hydrogen (secondary N) is 3. The van der Waals surface area contributed by atoms with E-state index in [2.05, 4.69) is 35.9 Å². The standard InChI is InChI=1S/C24H29N3O3/c1-13(2)20-12-19(22(28)25-16-6-8-17(30-5)9-7-16)24(27-20)18-11-14(3)10-15(4)21(18)26-23(24)29/h6-11,13,19-20,27H,12H2,1-5H3,(H,25,28)(H,26,29)/t19-,20-,24-/m0/s1. The molecule has 0 aliphatic carbocycles. The summed E-state index contributed by atoms with van der Waals surface area (Å²) in [6, 6.07) is 11.4. The number of hydrogen-bond acceptors (Lipinski definition) is 4. The van der Waals surface area contributed by atoms with E-state index in [1.54, 1.807) is 19.2 Å². The first-order chi connectivity index (χ1) is 14.3. The van der Waals surface area contributed by atoms with Crippen LogP contribution in [-0.2, 0) is 15.1 Å². The van der Waals surface area contributed by atoms with Gasteiger partial charge < -0.3 is 15.4 Å². The Hall–Kier alpha value is -2.86. The van der Waals surface area contributed by atoms with Crippen molar-refractivity contribution in [2.75, 3.05) is 17.7 Å². The zero-order valence-electron chi connectivity index (χ0n) is 18.1. The Morgan fingerprint density at radius 2 is 1.90 bits per heavy atom. The molecular weight excluding hydrogens is 378 g/mol. The van der Waals surface area contributed by atoms with E-state index in [4.69, 9.17) is 4.74 Å². The van der Waals surface area contributed by atoms with E-state index in [0.717, 1.165) is 28.1 Å². The van der Waals surface area contributed by atoms with Gasteiger partial charge in [-0.2, -0.15) is 0 Å². The van der Waals surface area contributed by atoms with Crippen molar-refractivity contribution >= 4 is 23.2 Å². The van der Waals surface area contributed by atoms with Crippen molar-refractivity contribution in [1.82, 2.24) is 5.32 Å². The Morgan fingerprint density at radius 1 is 1.20 bits per heavy atom. The van der Waals surface area contributed by atoms with E-state index < -0.39 is 11.5 Å². The van der Waals surface area contributed by atoms with Crippen LogP contribution in [0.3, 0.4) is 0 Å². The van der Waals surface area contributed by atoms with E-state index in [0.29, 0.717) is 18.0 Å². The van der Waals surface area contributed by atoms with Crippen molar-refractivity contribution in [1.29, 1.82) is 0 Å². The molecule has 2 aliphatic heterocycles. The van der Waals surface area contributed by atoms with E-state index >= 15 is 0 Å². The highest BCUT2D eigenvalue weighted by Crippen LogP contribution is 2.49. The maximum atomic E-state index is 13.5. The van der Waals surface area contributed by atoms with Gasteiger partial charge in [-0.25, -0.2) is 0 Å². The number of fused-ring (bicyclic) bond motifs is 2. The van der Waals surface area contributed by atoms with Gasteiger partial charge in [-0.3, -0.25) is 14.9 Å². The number of carbonyl (C=O) groups is 2. The minimum atomic E-state index is -1.06. The van der Waals surface area contributed by atoms with Crippen LogP contribution in [0.4, 0.5) is 11.4 Å². The first-order valence-electron chi connectivity index (χ1n) is 10.4. The van der Waals surface area contributed by atoms with Crippen molar-refractivity contribution in [3.8, 4) is 5.75 Å². The number of amides is 2. The number of aryl methyl sites for hydroxylation is 2. The average molecular weight is 408 g/mol. The van der Waals surface area contributed by atoms with Crippen LogP contribution in [0, 0.1) is 25.7 Å². The molecule has 2 aromatic rings. The zero-order chi connectivity index (χ0) is 21.6. The maximum absolute atomic E-state index is 13.5. The van der Waals surface area contributed by atoms with Gasteiger partial charge in [0, 0.05) is 23.0 Å². The fourth-order valence-electron chi connectivity index (χ4n) is 4.80. The minimum absolute atomic E-state index is 0.0640. The van der Waals surface area contributed by atoms with Gasteiger partial charge in [0.05, 0.1) is 13.0 Å². The normalized spacial score (nSPS) is 24.8. The van der Waals surface area contributed by atoms with Gasteiger partial charge in [0.15, 0.2) is 0 Å². The summed E-state index contributed by atoms with van der Waals surface area (Å²) >= 11 is 0. The topological polar surface area (TPSA) is 79.5 Å². The molecule has 158 valence electrons. The second kappa shape index (κ2) is 7.43. The smallest absolute Gasteiger partial charge is 0.250 e. The van der Waals surface area contributed by atoms with Gasteiger partial charge in [0.25, 0.3) is 0 Å². The van der Waals surface area contributed by atoms with Crippen LogP contribution in [0.5, 0.6) is 5.75 Å². The fraction of sp³-hybridized carbons (Fsp3) is 0.417. The highest BCUT2D eigenvalue weighted by atomic mass is 16.5. The van der Waals surface area contributed by atoms with Crippen LogP contribution in [0.15, 0.2) is 36.4 Å². The van der Waals surface area contributed by atoms with Gasteiger partial charge in [0.1, 0.15) is 11.3 Å². The maximum Gasteiger partial charge on any atom is 0.250 e. The number of methoxy groups -OCH3 is 1. The quantitative estimate of drug-likeness (QED) is 0.722. The highest BCUT2D eigenvalue weighted by molar-refractivity contribution is 6.11. The first kappa shape index (κ1) is 20.4. The SMILES string of the molecule is COc1ccc(NC(=O)[C@@H]2C[C@@H](C(C)C)N[C@]23C(=O)Nc2c(C)cc(C)cc23)cc1. The van der Waals surface area contributed by atoms with Crippen molar-refractivity contribution in [2.24, 2.45) is 11.8 Å². The summed E-state index contributed by atoms with van der Waals surface area (Å²) in [6.07, 6.45) is 0.597. The monoisotopic (exact) mass is 407 g/mol. The van der Waals surface area contributed by atoms with Crippen LogP contribution in [-0.4, -0.2) is 25.0 Å². The first-order valence-corrected chi connectivity index (χ1v) is 10.4. The molecule has 0 radical (unpaired) electrons. The number of anilines is 2. The Balaban J connectivity index is 1.74. The van der Waals surface area contributed by atoms with E-state index in [1.807, 2.05) is 32.0 Å². The van der Waals surface area contributed by atoms with Crippen LogP contribution in [0.1, 0.15) is 37.0 Å². The molecule has 0 aromatic heterocycles. The van der Waals surface area contributed by atoms with Crippen LogP contribution in [0.2, 0.25) is 0 Å². The average Bonchev–Trinajstić information content (AvgIpc) is 3.24. The van der Waals surface area contributed by atoms with E-state index in [9.17, 15) is 9.59 Å². The summed E-state index contributed by atoms with van der Waals surface area (Å²) < 4.78 is 5.19. The van der Waals surface area contributed by atoms with Crippen molar-refractivity contribution in [3.63, 3.8) is 0 Å². The molecule has 2 aromatic carbocycles. The van der Waals surface area contributed by atoms with E-state index in [-0.39, 0.29) is 17.9 Å². The third-order valence-corrected chi connectivity index (χ3v) is 6.41. The zero-order valence-corrected chi connectivity index (χ0v) is 18.1. The van der Waals surface area contributed by atoms with Crippen LogP contribution >= 0.6 is 0 Å². The largest absolute Gasteiger partial charge is 0.497 e. The molecule has 2 heterocycles. The van der Waals surface area contributed by atoms with Gasteiger partial charge in [-0.05, 0) is 56.0 Å². The van der Waals surface area contributed by atoms with Gasteiger partial charge in [0.2, 0.25) is 11.8 Å². The molecule has 0 unspecified atom stereocenters. The molecule has 4 rings (SSSR count). The Kier molecular flexibility index (Phi) is 5.06. The van der Waals surface area contributed by atoms with Crippen molar-refractivity contribution in [3.05, 3.63) is 53.1 Å². The summed E-state index contributed by atoms with van der Waals surface area (Å²) in [5.74, 6) is 0.196. The molecule has 0 bridgehead atoms. The lowest BCUT2D eigenvalue weighted by atomic mass is 9.78. The Morgan fingerprint density at radius 3 is 2.53 bits per heavy atom. The van der Waals surface area contributed by atoms with Gasteiger partial charge >= 0.3 is 0 Å². The van der Waals surface area contributed by atoms with Crippen LogP contribution < -0.4 is 20.7 Å². The lowest BCUT2D eigenvalue weighted by Crippen LogP contribution is -2.52. The second-order valence-corrected chi connectivity index (χ2v) is 8.77. The number of benzene rings is 2. The molecule has 2 amide bonds. The highest BCUT2D eigenvalue weighted by Gasteiger charge is 2.60. The molecule has 2 aliphatic rings. The molecule has 1 fully saturated rings. The summed E-state index contributed by atoms with van der Waals surface area (Å²) in [7, 11) is 1.60. The number of carbonyl (C=O) groups excluding carboxylic acids is 2. The fourth-order valence-corrected chi connectivity index (χ4v) is 4.80. The third kappa shape index (κ3) is 3.16. The second-order valence-electron chi connectivity index (χ2n) is 8.77. The predicted molar refractivity (Wildman–Crippen MR) is 118 cm³/mol. The number of hydrogen-bond donors (Lipinski definition) is 3. The summed E-state index contributed by atoms with van der Waals surface area (Å²) in [5.41, 5.74) is 3.42. The summed E-state index contributed by atoms with van der Waals surface area (Å²) in [4.78, 5) is 26.8. The third-order valence-electron chi connectivity index (χ3n) is 6.41. The minimum Gasteiger partial charge on any atom is -0.497 e. The lowest BCUT2D eigenvalue weighted by Gasteiger charge is -2.30. The summed E-state index contributed by atoms with van der Waals surface area (Å²) in [6.45, 7) is 8.24. The van der Waals surface area contributed by atoms with Gasteiger partial charge in [-0.1, -0.05) is 31.5 Å². The molecule has 3 N–H and O–H groups in total. The van der Waals surface area contributed by atoms with E-state index in [1.165, 1.54) is 0 Å². The molecule has 3 atom stereocenters. The molecule has 6 nitrogen and oxygen atoms in total. The van der Waals surface area contributed by atoms with Crippen LogP contribution in [0.25, 0.3) is 0 Å². The summed E-state index contributed by atoms with van der Waals surface area (Å²) in [5, 5.41) is 9.63. The lowest BCUT2D eigenvalue weighted by molar-refractivity contribution is -0.130. The number of ether oxygens (including phenoxy) is 1. The van der Waals surface area contributed by atoms with Crippen molar-refractivity contribution < 1.29 is 14.3 Å². The van der Waals surface area contributed by atoms with Crippen molar-refractivity contribution in [2.45, 2.75) is 45.7 Å². The molecule has 30 heavy (non-hydrogen) atoms. The molecule has 0 saturated carbocycles. The number of rotatable bonds is 4. The molecular formula is C24H29N3O3. The predicted octanol–water partition coefficient (Wildman–Crippen LogP) is 3.73. The molecule has 1 saturated heterocycles. The molecule has 1 spiro atoms. The molecule has 6 heteroatoms.